The summed E-state index contributed by atoms with van der Waals surface area (Å²) in [6.45, 7) is 1.54. The third kappa shape index (κ3) is 4.29. The molecule has 0 saturated carbocycles. The highest BCUT2D eigenvalue weighted by Gasteiger charge is 2.22. The van der Waals surface area contributed by atoms with Crippen LogP contribution in [-0.2, 0) is 20.3 Å². The molecule has 1 amide bonds. The van der Waals surface area contributed by atoms with Gasteiger partial charge < -0.3 is 14.4 Å². The van der Waals surface area contributed by atoms with E-state index in [1.54, 1.807) is 11.0 Å². The molecule has 0 bridgehead atoms. The number of ether oxygens (including phenoxy) is 2. The Morgan fingerprint density at radius 2 is 1.74 bits per heavy atom. The number of carbonyl (C=O) groups excluding carboxylic acids is 1. The van der Waals surface area contributed by atoms with Gasteiger partial charge in [-0.25, -0.2) is 8.42 Å². The van der Waals surface area contributed by atoms with Crippen LogP contribution in [0.25, 0.3) is 0 Å². The molecule has 6 nitrogen and oxygen atoms in total. The zero-order valence-corrected chi connectivity index (χ0v) is 14.7. The van der Waals surface area contributed by atoms with Gasteiger partial charge in [-0.05, 0) is 30.9 Å². The van der Waals surface area contributed by atoms with E-state index >= 15 is 0 Å². The minimum atomic E-state index is -3.95. The van der Waals surface area contributed by atoms with Gasteiger partial charge in [-0.1, -0.05) is 0 Å². The number of methoxy groups -OCH3 is 2. The summed E-state index contributed by atoms with van der Waals surface area (Å²) in [6, 6.07) is 2.89. The number of halogens is 1. The first kappa shape index (κ1) is 17.9. The molecular formula is C15H20ClNO5S. The number of aryl methyl sites for hydroxylation is 1. The molecule has 1 aromatic rings. The molecule has 1 aromatic carbocycles. The largest absolute Gasteiger partial charge is 0.493 e. The minimum Gasteiger partial charge on any atom is -0.493 e. The molecule has 1 fully saturated rings. The van der Waals surface area contributed by atoms with Gasteiger partial charge in [0.15, 0.2) is 11.5 Å². The second-order valence-electron chi connectivity index (χ2n) is 5.34. The smallest absolute Gasteiger partial charge is 0.261 e. The van der Waals surface area contributed by atoms with E-state index < -0.39 is 9.05 Å². The first-order valence-corrected chi connectivity index (χ1v) is 9.65. The van der Waals surface area contributed by atoms with Crippen molar-refractivity contribution in [1.82, 2.24) is 4.90 Å². The van der Waals surface area contributed by atoms with Crippen LogP contribution in [0.5, 0.6) is 11.5 Å². The zero-order valence-electron chi connectivity index (χ0n) is 13.2. The van der Waals surface area contributed by atoms with Crippen molar-refractivity contribution >= 4 is 25.6 Å². The Balaban J connectivity index is 2.26. The van der Waals surface area contributed by atoms with Gasteiger partial charge in [-0.2, -0.15) is 0 Å². The normalized spacial score (nSPS) is 14.8. The molecule has 0 aliphatic carbocycles. The lowest BCUT2D eigenvalue weighted by molar-refractivity contribution is -0.130. The Hall–Kier alpha value is -1.47. The Labute approximate surface area is 140 Å². The maximum Gasteiger partial charge on any atom is 0.261 e. The van der Waals surface area contributed by atoms with Crippen LogP contribution in [-0.4, -0.2) is 46.5 Å². The summed E-state index contributed by atoms with van der Waals surface area (Å²) >= 11 is 0. The standard InChI is InChI=1S/C15H20ClNO5S/c1-21-12-9-11(5-6-15(18)17-7-3-4-8-17)14(23(16,19)20)10-13(12)22-2/h9-10H,3-8H2,1-2H3. The van der Waals surface area contributed by atoms with Gasteiger partial charge in [0.25, 0.3) is 9.05 Å². The van der Waals surface area contributed by atoms with Crippen molar-refractivity contribution in [2.75, 3.05) is 27.3 Å². The molecule has 0 unspecified atom stereocenters. The Kier molecular flexibility index (Phi) is 5.75. The second kappa shape index (κ2) is 7.40. The third-order valence-corrected chi connectivity index (χ3v) is 5.30. The molecule has 23 heavy (non-hydrogen) atoms. The predicted octanol–water partition coefficient (Wildman–Crippen LogP) is 2.19. The van der Waals surface area contributed by atoms with Gasteiger partial charge in [-0.3, -0.25) is 4.79 Å². The summed E-state index contributed by atoms with van der Waals surface area (Å²) in [5.74, 6) is 0.705. The molecule has 0 radical (unpaired) electrons. The Morgan fingerprint density at radius 3 is 2.26 bits per heavy atom. The van der Waals surface area contributed by atoms with Crippen LogP contribution >= 0.6 is 10.7 Å². The van der Waals surface area contributed by atoms with Crippen molar-refractivity contribution in [3.8, 4) is 11.5 Å². The van der Waals surface area contributed by atoms with Crippen LogP contribution in [0.15, 0.2) is 17.0 Å². The van der Waals surface area contributed by atoms with E-state index in [1.165, 1.54) is 20.3 Å². The summed E-state index contributed by atoms with van der Waals surface area (Å²) < 4.78 is 33.9. The molecular weight excluding hydrogens is 342 g/mol. The fourth-order valence-electron chi connectivity index (χ4n) is 2.69. The number of nitrogens with zero attached hydrogens (tertiary/aromatic N) is 1. The zero-order chi connectivity index (χ0) is 17.0. The van der Waals surface area contributed by atoms with Gasteiger partial charge in [0.2, 0.25) is 5.91 Å². The van der Waals surface area contributed by atoms with Crippen molar-refractivity contribution in [1.29, 1.82) is 0 Å². The number of benzene rings is 1. The van der Waals surface area contributed by atoms with Crippen LogP contribution in [0.3, 0.4) is 0 Å². The third-order valence-electron chi connectivity index (χ3n) is 3.90. The SMILES string of the molecule is COc1cc(CCC(=O)N2CCCC2)c(S(=O)(=O)Cl)cc1OC. The highest BCUT2D eigenvalue weighted by atomic mass is 35.7. The number of carbonyl (C=O) groups is 1. The molecule has 1 aliphatic rings. The molecule has 1 heterocycles. The lowest BCUT2D eigenvalue weighted by atomic mass is 10.1. The van der Waals surface area contributed by atoms with Crippen molar-refractivity contribution in [2.24, 2.45) is 0 Å². The number of amides is 1. The molecule has 0 N–H and O–H groups in total. The van der Waals surface area contributed by atoms with E-state index in [4.69, 9.17) is 20.2 Å². The summed E-state index contributed by atoms with van der Waals surface area (Å²) in [4.78, 5) is 13.9. The fourth-order valence-corrected chi connectivity index (χ4v) is 3.84. The molecule has 128 valence electrons. The molecule has 0 atom stereocenters. The maximum absolute atomic E-state index is 12.1. The lowest BCUT2D eigenvalue weighted by Crippen LogP contribution is -2.27. The lowest BCUT2D eigenvalue weighted by Gasteiger charge is -2.16. The van der Waals surface area contributed by atoms with Crippen LogP contribution in [0, 0.1) is 0 Å². The first-order chi connectivity index (χ1) is 10.9. The Morgan fingerprint density at radius 1 is 1.17 bits per heavy atom. The van der Waals surface area contributed by atoms with E-state index in [9.17, 15) is 13.2 Å². The molecule has 0 spiro atoms. The number of hydrogen-bond acceptors (Lipinski definition) is 5. The average Bonchev–Trinajstić information content (AvgIpc) is 3.05. The van der Waals surface area contributed by atoms with Crippen molar-refractivity contribution in [2.45, 2.75) is 30.6 Å². The molecule has 2 rings (SSSR count). The van der Waals surface area contributed by atoms with Gasteiger partial charge >= 0.3 is 0 Å². The van der Waals surface area contributed by atoms with Crippen LogP contribution in [0.4, 0.5) is 0 Å². The summed E-state index contributed by atoms with van der Waals surface area (Å²) in [5, 5.41) is 0. The van der Waals surface area contributed by atoms with E-state index in [0.29, 0.717) is 11.3 Å². The minimum absolute atomic E-state index is 0.0233. The first-order valence-electron chi connectivity index (χ1n) is 7.34. The second-order valence-corrected chi connectivity index (χ2v) is 7.88. The number of hydrogen-bond donors (Lipinski definition) is 0. The van der Waals surface area contributed by atoms with Crippen molar-refractivity contribution < 1.29 is 22.7 Å². The highest BCUT2D eigenvalue weighted by molar-refractivity contribution is 8.13. The molecule has 1 aliphatic heterocycles. The highest BCUT2D eigenvalue weighted by Crippen LogP contribution is 2.34. The van der Waals surface area contributed by atoms with Gasteiger partial charge in [-0.15, -0.1) is 0 Å². The number of likely N-dealkylation sites (tertiary alicyclic amines) is 1. The Bertz CT molecular complexity index is 683. The van der Waals surface area contributed by atoms with Crippen LogP contribution in [0.2, 0.25) is 0 Å². The monoisotopic (exact) mass is 361 g/mol. The summed E-state index contributed by atoms with van der Waals surface area (Å²) in [7, 11) is 4.44. The van der Waals surface area contributed by atoms with Gasteiger partial charge in [0.05, 0.1) is 19.1 Å². The van der Waals surface area contributed by atoms with E-state index in [2.05, 4.69) is 0 Å². The average molecular weight is 362 g/mol. The summed E-state index contributed by atoms with van der Waals surface area (Å²) in [6.07, 6.45) is 2.54. The molecule has 8 heteroatoms. The van der Waals surface area contributed by atoms with Crippen LogP contribution < -0.4 is 9.47 Å². The molecule has 1 saturated heterocycles. The van der Waals surface area contributed by atoms with Gasteiger partial charge in [0, 0.05) is 36.3 Å². The van der Waals surface area contributed by atoms with Crippen molar-refractivity contribution in [3.63, 3.8) is 0 Å². The van der Waals surface area contributed by atoms with Gasteiger partial charge in [0.1, 0.15) is 0 Å². The van der Waals surface area contributed by atoms with Crippen LogP contribution in [0.1, 0.15) is 24.8 Å². The van der Waals surface area contributed by atoms with E-state index in [0.717, 1.165) is 25.9 Å². The molecule has 0 aromatic heterocycles. The van der Waals surface area contributed by atoms with Crippen molar-refractivity contribution in [3.05, 3.63) is 17.7 Å². The quantitative estimate of drug-likeness (QED) is 0.726. The predicted molar refractivity (Wildman–Crippen MR) is 86.7 cm³/mol. The van der Waals surface area contributed by atoms with E-state index in [1.807, 2.05) is 0 Å². The van der Waals surface area contributed by atoms with E-state index in [-0.39, 0.29) is 29.4 Å². The summed E-state index contributed by atoms with van der Waals surface area (Å²) in [5.41, 5.74) is 0.449. The number of rotatable bonds is 6. The maximum atomic E-state index is 12.1. The fraction of sp³-hybridized carbons (Fsp3) is 0.533. The topological polar surface area (TPSA) is 72.9 Å².